The molecule has 0 spiro atoms. The van der Waals surface area contributed by atoms with Crippen molar-refractivity contribution in [3.63, 3.8) is 0 Å². The molecular formula is C63H112O9. The van der Waals surface area contributed by atoms with Gasteiger partial charge in [0, 0.05) is 13.0 Å². The predicted octanol–water partition coefficient (Wildman–Crippen LogP) is 15.9. The molecule has 0 bridgehead atoms. The van der Waals surface area contributed by atoms with Crippen LogP contribution in [0.5, 0.6) is 0 Å². The molecule has 1 rings (SSSR count). The lowest BCUT2D eigenvalue weighted by Crippen LogP contribution is -2.59. The molecule has 9 nitrogen and oxygen atoms in total. The third kappa shape index (κ3) is 42.9. The van der Waals surface area contributed by atoms with Gasteiger partial charge in [0.15, 0.2) is 6.29 Å². The third-order valence-electron chi connectivity index (χ3n) is 13.6. The number of rotatable bonds is 52. The number of hydrogen-bond acceptors (Lipinski definition) is 9. The summed E-state index contributed by atoms with van der Waals surface area (Å²) in [5.74, 6) is -0.315. The van der Waals surface area contributed by atoms with Gasteiger partial charge in [0.25, 0.3) is 0 Å². The number of carbonyl (C=O) groups excluding carboxylic acids is 1. The number of allylic oxidation sites excluding steroid dienone is 12. The van der Waals surface area contributed by atoms with Crippen LogP contribution in [0.3, 0.4) is 0 Å². The molecule has 0 aliphatic carbocycles. The van der Waals surface area contributed by atoms with E-state index < -0.39 is 43.4 Å². The summed E-state index contributed by atoms with van der Waals surface area (Å²) >= 11 is 0. The first-order valence-corrected chi connectivity index (χ1v) is 30.0. The maximum atomic E-state index is 12.9. The lowest BCUT2D eigenvalue weighted by atomic mass is 9.99. The molecule has 6 atom stereocenters. The Morgan fingerprint density at radius 1 is 0.458 bits per heavy atom. The maximum absolute atomic E-state index is 12.9. The van der Waals surface area contributed by atoms with Crippen LogP contribution in [0.2, 0.25) is 0 Å². The van der Waals surface area contributed by atoms with Crippen molar-refractivity contribution in [3.8, 4) is 0 Å². The second-order valence-corrected chi connectivity index (χ2v) is 20.4. The van der Waals surface area contributed by atoms with E-state index in [1.807, 2.05) is 0 Å². The molecule has 0 aromatic heterocycles. The first-order chi connectivity index (χ1) is 35.4. The highest BCUT2D eigenvalue weighted by Gasteiger charge is 2.44. The van der Waals surface area contributed by atoms with Crippen molar-refractivity contribution in [2.24, 2.45) is 0 Å². The second-order valence-electron chi connectivity index (χ2n) is 20.4. The normalized spacial score (nSPS) is 19.2. The van der Waals surface area contributed by atoms with E-state index in [1.54, 1.807) is 0 Å². The molecule has 4 N–H and O–H groups in total. The topological polar surface area (TPSA) is 135 Å². The smallest absolute Gasteiger partial charge is 0.306 e. The average molecular weight is 1010 g/mol. The highest BCUT2D eigenvalue weighted by molar-refractivity contribution is 5.69. The molecule has 6 unspecified atom stereocenters. The van der Waals surface area contributed by atoms with Gasteiger partial charge in [0.2, 0.25) is 0 Å². The highest BCUT2D eigenvalue weighted by atomic mass is 16.7. The van der Waals surface area contributed by atoms with Gasteiger partial charge in [0.1, 0.15) is 30.5 Å². The number of carbonyl (C=O) groups is 1. The minimum Gasteiger partial charge on any atom is -0.457 e. The Balaban J connectivity index is 2.14. The number of esters is 1. The molecule has 0 aromatic rings. The monoisotopic (exact) mass is 1010 g/mol. The van der Waals surface area contributed by atoms with Crippen LogP contribution >= 0.6 is 0 Å². The van der Waals surface area contributed by atoms with Gasteiger partial charge in [0.05, 0.1) is 19.8 Å². The van der Waals surface area contributed by atoms with Gasteiger partial charge in [-0.3, -0.25) is 4.79 Å². The minimum absolute atomic E-state index is 0.116. The van der Waals surface area contributed by atoms with Gasteiger partial charge >= 0.3 is 5.97 Å². The summed E-state index contributed by atoms with van der Waals surface area (Å²) in [5, 5.41) is 40.4. The molecule has 418 valence electrons. The summed E-state index contributed by atoms with van der Waals surface area (Å²) in [4.78, 5) is 12.9. The fraction of sp³-hybridized carbons (Fsp3) is 0.794. The number of ether oxygens (including phenoxy) is 4. The molecule has 9 heteroatoms. The largest absolute Gasteiger partial charge is 0.457 e. The van der Waals surface area contributed by atoms with E-state index in [0.717, 1.165) is 64.2 Å². The standard InChI is InChI=1S/C63H112O9/c1-3-5-7-9-11-13-15-17-19-21-23-25-27-28-29-31-33-35-37-39-41-43-45-47-49-51-53-69-55-57(56-70-63-62(68)61(67)60(66)58(54-64)72-63)71-59(65)52-50-48-46-44-42-40-38-36-34-32-30-26-24-22-20-18-16-14-12-10-8-6-4-2/h5,7,11,13,16-19,22-25,57-58,60-64,66-68H,3-4,6,8-10,12,14-15,20-21,26-56H2,1-2H3/b7-5-,13-11-,18-16-,19-17-,24-22-,25-23-. The van der Waals surface area contributed by atoms with Crippen molar-refractivity contribution in [2.45, 2.75) is 295 Å². The molecule has 1 saturated heterocycles. The van der Waals surface area contributed by atoms with Crippen LogP contribution < -0.4 is 0 Å². The highest BCUT2D eigenvalue weighted by Crippen LogP contribution is 2.23. The molecule has 0 aromatic carbocycles. The third-order valence-corrected chi connectivity index (χ3v) is 13.6. The van der Waals surface area contributed by atoms with Gasteiger partial charge in [-0.2, -0.15) is 0 Å². The maximum Gasteiger partial charge on any atom is 0.306 e. The van der Waals surface area contributed by atoms with Gasteiger partial charge in [-0.1, -0.05) is 241 Å². The fourth-order valence-electron chi connectivity index (χ4n) is 8.99. The van der Waals surface area contributed by atoms with E-state index >= 15 is 0 Å². The van der Waals surface area contributed by atoms with E-state index in [-0.39, 0.29) is 19.2 Å². The Hall–Kier alpha value is -2.37. The lowest BCUT2D eigenvalue weighted by Gasteiger charge is -2.39. The van der Waals surface area contributed by atoms with Gasteiger partial charge in [-0.15, -0.1) is 0 Å². The van der Waals surface area contributed by atoms with Crippen molar-refractivity contribution in [1.82, 2.24) is 0 Å². The van der Waals surface area contributed by atoms with Crippen LogP contribution in [-0.4, -0.2) is 89.6 Å². The molecule has 0 radical (unpaired) electrons. The van der Waals surface area contributed by atoms with Gasteiger partial charge in [-0.25, -0.2) is 0 Å². The SMILES string of the molecule is CC/C=C\C/C=C\C/C=C\C/C=C\CCCCCCCCCCCCCCCOCC(COC1OC(CO)C(O)C(O)C1O)OC(=O)CCCCCCCCCCCCC/C=C\C/C=C\CCCCCCC. The molecule has 1 fully saturated rings. The summed E-state index contributed by atoms with van der Waals surface area (Å²) in [6.45, 7) is 4.46. The van der Waals surface area contributed by atoms with E-state index in [4.69, 9.17) is 18.9 Å². The molecule has 0 saturated carbocycles. The van der Waals surface area contributed by atoms with Crippen molar-refractivity contribution >= 4 is 5.97 Å². The zero-order valence-corrected chi connectivity index (χ0v) is 46.4. The van der Waals surface area contributed by atoms with Crippen molar-refractivity contribution in [1.29, 1.82) is 0 Å². The number of unbranched alkanes of at least 4 members (excludes halogenated alkanes) is 29. The Labute approximate surface area is 442 Å². The molecular weight excluding hydrogens is 901 g/mol. The van der Waals surface area contributed by atoms with Crippen LogP contribution in [0.4, 0.5) is 0 Å². The number of aliphatic hydroxyl groups is 4. The zero-order valence-electron chi connectivity index (χ0n) is 46.4. The van der Waals surface area contributed by atoms with Crippen molar-refractivity contribution in [2.75, 3.05) is 26.4 Å². The van der Waals surface area contributed by atoms with Crippen LogP contribution in [0.25, 0.3) is 0 Å². The van der Waals surface area contributed by atoms with Crippen LogP contribution in [0.15, 0.2) is 72.9 Å². The fourth-order valence-corrected chi connectivity index (χ4v) is 8.99. The quantitative estimate of drug-likeness (QED) is 0.0267. The molecule has 1 aliphatic heterocycles. The molecule has 1 heterocycles. The summed E-state index contributed by atoms with van der Waals surface area (Å²) < 4.78 is 23.0. The number of aliphatic hydroxyl groups excluding tert-OH is 4. The van der Waals surface area contributed by atoms with Crippen molar-refractivity contribution < 1.29 is 44.2 Å². The first-order valence-electron chi connectivity index (χ1n) is 30.0. The molecule has 72 heavy (non-hydrogen) atoms. The van der Waals surface area contributed by atoms with E-state index in [9.17, 15) is 25.2 Å². The Morgan fingerprint density at radius 3 is 1.28 bits per heavy atom. The van der Waals surface area contributed by atoms with E-state index in [2.05, 4.69) is 86.8 Å². The van der Waals surface area contributed by atoms with Crippen LogP contribution in [0, 0.1) is 0 Å². The summed E-state index contributed by atoms with van der Waals surface area (Å²) in [7, 11) is 0. The Kier molecular flexibility index (Phi) is 50.2. The van der Waals surface area contributed by atoms with E-state index in [1.165, 1.54) is 173 Å². The Bertz CT molecular complexity index is 1340. The second kappa shape index (κ2) is 53.5. The lowest BCUT2D eigenvalue weighted by molar-refractivity contribution is -0.305. The molecule has 0 amide bonds. The summed E-state index contributed by atoms with van der Waals surface area (Å²) in [6.07, 6.45) is 65.2. The van der Waals surface area contributed by atoms with Gasteiger partial charge < -0.3 is 39.4 Å². The van der Waals surface area contributed by atoms with E-state index in [0.29, 0.717) is 13.0 Å². The zero-order chi connectivity index (χ0) is 52.1. The number of hydrogen-bond donors (Lipinski definition) is 4. The Morgan fingerprint density at radius 2 is 0.847 bits per heavy atom. The first kappa shape index (κ1) is 67.6. The summed E-state index contributed by atoms with van der Waals surface area (Å²) in [5.41, 5.74) is 0. The average Bonchev–Trinajstić information content (AvgIpc) is 3.38. The minimum atomic E-state index is -1.54. The van der Waals surface area contributed by atoms with Crippen LogP contribution in [0.1, 0.15) is 258 Å². The predicted molar refractivity (Wildman–Crippen MR) is 302 cm³/mol. The summed E-state index contributed by atoms with van der Waals surface area (Å²) in [6, 6.07) is 0. The molecule has 1 aliphatic rings. The van der Waals surface area contributed by atoms with Crippen molar-refractivity contribution in [3.05, 3.63) is 72.9 Å². The van der Waals surface area contributed by atoms with Crippen LogP contribution in [-0.2, 0) is 23.7 Å². The van der Waals surface area contributed by atoms with Gasteiger partial charge in [-0.05, 0) is 83.5 Å².